The molecule has 8 heteroatoms. The van der Waals surface area contributed by atoms with E-state index in [4.69, 9.17) is 16.3 Å². The fourth-order valence-electron chi connectivity index (χ4n) is 2.78. The van der Waals surface area contributed by atoms with Crippen molar-refractivity contribution < 1.29 is 18.7 Å². The molecule has 2 amide bonds. The molecule has 3 rings (SSSR count). The first-order valence-corrected chi connectivity index (χ1v) is 8.96. The second-order valence-corrected chi connectivity index (χ2v) is 7.06. The number of hydrogen-bond acceptors (Lipinski definition) is 3. The highest BCUT2D eigenvalue weighted by molar-refractivity contribution is 9.10. The van der Waals surface area contributed by atoms with Gasteiger partial charge < -0.3 is 9.64 Å². The Labute approximate surface area is 163 Å². The average molecular weight is 442 g/mol. The maximum absolute atomic E-state index is 13.2. The summed E-state index contributed by atoms with van der Waals surface area (Å²) in [6, 6.07) is 9.22. The van der Waals surface area contributed by atoms with Gasteiger partial charge in [0.2, 0.25) is 0 Å². The van der Waals surface area contributed by atoms with E-state index in [2.05, 4.69) is 15.9 Å². The standard InChI is InChI=1S/C18H15BrClFN2O3/c1-26-16-5-3-12(19)8-15(16)23-7-6-22(17(24)18(23)25)10-11-2-4-13(21)9-14(11)20/h2-5,8-9H,6-7,10H2,1H3. The van der Waals surface area contributed by atoms with Gasteiger partial charge in [0.05, 0.1) is 12.8 Å². The van der Waals surface area contributed by atoms with Gasteiger partial charge in [0.1, 0.15) is 11.6 Å². The molecule has 0 radical (unpaired) electrons. The molecule has 2 aromatic rings. The summed E-state index contributed by atoms with van der Waals surface area (Å²) < 4.78 is 19.2. The number of carbonyl (C=O) groups is 2. The summed E-state index contributed by atoms with van der Waals surface area (Å²) in [5, 5.41) is 0.223. The number of hydrogen-bond donors (Lipinski definition) is 0. The Bertz CT molecular complexity index is 878. The number of nitrogens with zero attached hydrogens (tertiary/aromatic N) is 2. The minimum Gasteiger partial charge on any atom is -0.495 e. The van der Waals surface area contributed by atoms with Gasteiger partial charge in [-0.25, -0.2) is 4.39 Å². The quantitative estimate of drug-likeness (QED) is 0.681. The summed E-state index contributed by atoms with van der Waals surface area (Å²) in [7, 11) is 1.51. The molecule has 0 unspecified atom stereocenters. The predicted molar refractivity (Wildman–Crippen MR) is 99.9 cm³/mol. The van der Waals surface area contributed by atoms with Gasteiger partial charge in [-0.3, -0.25) is 14.5 Å². The maximum Gasteiger partial charge on any atom is 0.316 e. The number of halogens is 3. The molecule has 136 valence electrons. The van der Waals surface area contributed by atoms with Crippen molar-refractivity contribution in [1.29, 1.82) is 0 Å². The van der Waals surface area contributed by atoms with Gasteiger partial charge >= 0.3 is 11.8 Å². The number of benzene rings is 2. The predicted octanol–water partition coefficient (Wildman–Crippen LogP) is 3.63. The number of piperazine rings is 1. The van der Waals surface area contributed by atoms with Crippen LogP contribution in [0.1, 0.15) is 5.56 Å². The van der Waals surface area contributed by atoms with E-state index in [0.717, 1.165) is 4.47 Å². The summed E-state index contributed by atoms with van der Waals surface area (Å²) in [5.74, 6) is -1.23. The molecule has 1 saturated heterocycles. The van der Waals surface area contributed by atoms with Crippen molar-refractivity contribution in [2.45, 2.75) is 6.54 Å². The SMILES string of the molecule is COc1ccc(Br)cc1N1CCN(Cc2ccc(F)cc2Cl)C(=O)C1=O. The van der Waals surface area contributed by atoms with E-state index < -0.39 is 17.6 Å². The Balaban J connectivity index is 1.81. The van der Waals surface area contributed by atoms with Crippen LogP contribution in [0.25, 0.3) is 0 Å². The molecular weight excluding hydrogens is 427 g/mol. The summed E-state index contributed by atoms with van der Waals surface area (Å²) in [6.07, 6.45) is 0. The minimum absolute atomic E-state index is 0.146. The van der Waals surface area contributed by atoms with E-state index in [1.807, 2.05) is 0 Å². The monoisotopic (exact) mass is 440 g/mol. The lowest BCUT2D eigenvalue weighted by atomic mass is 10.1. The highest BCUT2D eigenvalue weighted by atomic mass is 79.9. The molecule has 1 aliphatic heterocycles. The van der Waals surface area contributed by atoms with Gasteiger partial charge in [0, 0.05) is 29.1 Å². The van der Waals surface area contributed by atoms with Crippen LogP contribution < -0.4 is 9.64 Å². The van der Waals surface area contributed by atoms with Crippen LogP contribution in [0.2, 0.25) is 5.02 Å². The summed E-state index contributed by atoms with van der Waals surface area (Å²) in [4.78, 5) is 28.0. The topological polar surface area (TPSA) is 49.9 Å². The van der Waals surface area contributed by atoms with E-state index in [1.54, 1.807) is 18.2 Å². The van der Waals surface area contributed by atoms with Crippen molar-refractivity contribution in [3.63, 3.8) is 0 Å². The Morgan fingerprint density at radius 2 is 1.92 bits per heavy atom. The second-order valence-electron chi connectivity index (χ2n) is 5.74. The normalized spacial score (nSPS) is 14.8. The zero-order chi connectivity index (χ0) is 18.8. The van der Waals surface area contributed by atoms with Crippen LogP contribution in [0.4, 0.5) is 10.1 Å². The van der Waals surface area contributed by atoms with Gasteiger partial charge in [-0.2, -0.15) is 0 Å². The first-order chi connectivity index (χ1) is 12.4. The molecule has 1 aliphatic rings. The lowest BCUT2D eigenvalue weighted by molar-refractivity contribution is -0.146. The molecule has 0 spiro atoms. The third kappa shape index (κ3) is 3.68. The van der Waals surface area contributed by atoms with Crippen LogP contribution in [0.5, 0.6) is 5.75 Å². The van der Waals surface area contributed by atoms with Crippen LogP contribution >= 0.6 is 27.5 Å². The van der Waals surface area contributed by atoms with Gasteiger partial charge in [-0.05, 0) is 35.9 Å². The molecule has 0 bridgehead atoms. The number of ether oxygens (including phenoxy) is 1. The number of methoxy groups -OCH3 is 1. The molecule has 1 fully saturated rings. The molecule has 0 aromatic heterocycles. The molecule has 2 aromatic carbocycles. The van der Waals surface area contributed by atoms with E-state index in [1.165, 1.54) is 35.1 Å². The Kier molecular flexibility index (Phi) is 5.48. The van der Waals surface area contributed by atoms with E-state index in [-0.39, 0.29) is 11.6 Å². The Morgan fingerprint density at radius 1 is 1.15 bits per heavy atom. The van der Waals surface area contributed by atoms with Gasteiger partial charge in [0.15, 0.2) is 0 Å². The zero-order valence-corrected chi connectivity index (χ0v) is 16.2. The third-order valence-electron chi connectivity index (χ3n) is 4.12. The van der Waals surface area contributed by atoms with Crippen LogP contribution in [0.3, 0.4) is 0 Å². The summed E-state index contributed by atoms with van der Waals surface area (Å²) in [5.41, 5.74) is 1.11. The molecule has 0 N–H and O–H groups in total. The van der Waals surface area contributed by atoms with E-state index in [9.17, 15) is 14.0 Å². The molecule has 0 atom stereocenters. The van der Waals surface area contributed by atoms with Crippen LogP contribution in [0, 0.1) is 5.82 Å². The lowest BCUT2D eigenvalue weighted by Crippen LogP contribution is -2.54. The highest BCUT2D eigenvalue weighted by Crippen LogP contribution is 2.33. The lowest BCUT2D eigenvalue weighted by Gasteiger charge is -2.34. The molecule has 1 heterocycles. The second kappa shape index (κ2) is 7.63. The van der Waals surface area contributed by atoms with Gasteiger partial charge in [0.25, 0.3) is 0 Å². The smallest absolute Gasteiger partial charge is 0.316 e. The molecule has 5 nitrogen and oxygen atoms in total. The van der Waals surface area contributed by atoms with Crippen LogP contribution in [-0.4, -0.2) is 36.9 Å². The first kappa shape index (κ1) is 18.7. The number of rotatable bonds is 4. The van der Waals surface area contributed by atoms with Gasteiger partial charge in [-0.15, -0.1) is 0 Å². The largest absolute Gasteiger partial charge is 0.495 e. The number of amides is 2. The van der Waals surface area contributed by atoms with Crippen LogP contribution in [0.15, 0.2) is 40.9 Å². The fraction of sp³-hybridized carbons (Fsp3) is 0.222. The summed E-state index contributed by atoms with van der Waals surface area (Å²) >= 11 is 9.38. The van der Waals surface area contributed by atoms with Crippen molar-refractivity contribution >= 4 is 45.0 Å². The van der Waals surface area contributed by atoms with Crippen molar-refractivity contribution in [3.8, 4) is 5.75 Å². The molecule has 0 aliphatic carbocycles. The number of carbonyl (C=O) groups excluding carboxylic acids is 2. The molecule has 0 saturated carbocycles. The van der Waals surface area contributed by atoms with Crippen LogP contribution in [-0.2, 0) is 16.1 Å². The fourth-order valence-corrected chi connectivity index (χ4v) is 3.36. The summed E-state index contributed by atoms with van der Waals surface area (Å²) in [6.45, 7) is 0.789. The Hall–Kier alpha value is -2.12. The average Bonchev–Trinajstić information content (AvgIpc) is 2.61. The maximum atomic E-state index is 13.2. The van der Waals surface area contributed by atoms with E-state index >= 15 is 0 Å². The minimum atomic E-state index is -0.647. The highest BCUT2D eigenvalue weighted by Gasteiger charge is 2.34. The molecule has 26 heavy (non-hydrogen) atoms. The zero-order valence-electron chi connectivity index (χ0n) is 13.8. The van der Waals surface area contributed by atoms with Crippen molar-refractivity contribution in [1.82, 2.24) is 4.90 Å². The van der Waals surface area contributed by atoms with Crippen molar-refractivity contribution in [3.05, 3.63) is 57.3 Å². The first-order valence-electron chi connectivity index (χ1n) is 7.79. The van der Waals surface area contributed by atoms with Crippen molar-refractivity contribution in [2.24, 2.45) is 0 Å². The Morgan fingerprint density at radius 3 is 2.62 bits per heavy atom. The number of anilines is 1. The third-order valence-corrected chi connectivity index (χ3v) is 4.96. The van der Waals surface area contributed by atoms with E-state index in [0.29, 0.717) is 30.1 Å². The van der Waals surface area contributed by atoms with Crippen molar-refractivity contribution in [2.75, 3.05) is 25.1 Å². The molecular formula is C18H15BrClFN2O3. The van der Waals surface area contributed by atoms with Gasteiger partial charge in [-0.1, -0.05) is 33.6 Å².